The molecule has 0 saturated carbocycles. The van der Waals surface area contributed by atoms with Gasteiger partial charge in [-0.25, -0.2) is 9.48 Å². The summed E-state index contributed by atoms with van der Waals surface area (Å²) in [6.45, 7) is 5.75. The van der Waals surface area contributed by atoms with Crippen molar-refractivity contribution in [1.82, 2.24) is 15.0 Å². The Bertz CT molecular complexity index is 977. The maximum Gasteiger partial charge on any atom is 0.365 e. The van der Waals surface area contributed by atoms with Crippen LogP contribution in [0.3, 0.4) is 0 Å². The number of nitrogens with zero attached hydrogens (tertiary/aromatic N) is 3. The van der Waals surface area contributed by atoms with E-state index in [0.717, 1.165) is 15.8 Å². The largest absolute Gasteiger partial charge is 0.497 e. The maximum absolute atomic E-state index is 12.6. The van der Waals surface area contributed by atoms with Gasteiger partial charge in [0, 0.05) is 4.47 Å². The van der Waals surface area contributed by atoms with Crippen molar-refractivity contribution in [1.29, 1.82) is 0 Å². The molecule has 152 valence electrons. The molecule has 0 unspecified atom stereocenters. The van der Waals surface area contributed by atoms with E-state index in [0.29, 0.717) is 12.3 Å². The third kappa shape index (κ3) is 5.57. The zero-order chi connectivity index (χ0) is 21.0. The molecule has 0 spiro atoms. The number of carbonyl (C=O) groups excluding carboxylic acids is 1. The van der Waals surface area contributed by atoms with Crippen LogP contribution in [0.15, 0.2) is 53.0 Å². The molecular weight excluding hydrogens is 438 g/mol. The van der Waals surface area contributed by atoms with Crippen molar-refractivity contribution in [2.24, 2.45) is 0 Å². The fourth-order valence-electron chi connectivity index (χ4n) is 2.48. The number of hydrogen-bond acceptors (Lipinski definition) is 6. The number of aromatic nitrogens is 3. The SMILES string of the molecule is COc1ccc(Cn2nnc(C(=O)OC(C)(C)C)c2Oc2ccc(Br)cc2)cc1. The Morgan fingerprint density at radius 1 is 1.03 bits per heavy atom. The van der Waals surface area contributed by atoms with E-state index in [-0.39, 0.29) is 11.6 Å². The van der Waals surface area contributed by atoms with Crippen molar-refractivity contribution in [3.8, 4) is 17.4 Å². The summed E-state index contributed by atoms with van der Waals surface area (Å²) in [6, 6.07) is 14.8. The van der Waals surface area contributed by atoms with E-state index in [9.17, 15) is 4.79 Å². The molecule has 1 aromatic heterocycles. The molecule has 3 aromatic rings. The van der Waals surface area contributed by atoms with E-state index < -0.39 is 11.6 Å². The molecule has 0 N–H and O–H groups in total. The fraction of sp³-hybridized carbons (Fsp3) is 0.286. The quantitative estimate of drug-likeness (QED) is 0.490. The van der Waals surface area contributed by atoms with Gasteiger partial charge in [-0.1, -0.05) is 33.3 Å². The molecule has 0 aliphatic rings. The van der Waals surface area contributed by atoms with E-state index in [1.54, 1.807) is 40.0 Å². The molecule has 1 heterocycles. The van der Waals surface area contributed by atoms with E-state index in [4.69, 9.17) is 14.2 Å². The van der Waals surface area contributed by atoms with Gasteiger partial charge in [0.25, 0.3) is 5.88 Å². The van der Waals surface area contributed by atoms with Crippen LogP contribution in [-0.4, -0.2) is 33.7 Å². The average molecular weight is 460 g/mol. The zero-order valence-electron chi connectivity index (χ0n) is 16.7. The number of carbonyl (C=O) groups is 1. The van der Waals surface area contributed by atoms with E-state index >= 15 is 0 Å². The Morgan fingerprint density at radius 2 is 1.66 bits per heavy atom. The number of methoxy groups -OCH3 is 1. The molecule has 2 aromatic carbocycles. The Kier molecular flexibility index (Phi) is 6.22. The lowest BCUT2D eigenvalue weighted by Crippen LogP contribution is -2.24. The lowest BCUT2D eigenvalue weighted by Gasteiger charge is -2.19. The van der Waals surface area contributed by atoms with Gasteiger partial charge in [-0.05, 0) is 62.7 Å². The van der Waals surface area contributed by atoms with Gasteiger partial charge in [0.2, 0.25) is 5.69 Å². The Labute approximate surface area is 177 Å². The summed E-state index contributed by atoms with van der Waals surface area (Å²) < 4.78 is 19.1. The number of halogens is 1. The number of hydrogen-bond donors (Lipinski definition) is 0. The van der Waals surface area contributed by atoms with E-state index in [2.05, 4.69) is 26.2 Å². The van der Waals surface area contributed by atoms with Crippen LogP contribution >= 0.6 is 15.9 Å². The lowest BCUT2D eigenvalue weighted by molar-refractivity contribution is 0.00601. The topological polar surface area (TPSA) is 75.5 Å². The minimum Gasteiger partial charge on any atom is -0.497 e. The summed E-state index contributed by atoms with van der Waals surface area (Å²) in [4.78, 5) is 12.6. The number of rotatable bonds is 6. The Hall–Kier alpha value is -2.87. The van der Waals surface area contributed by atoms with Crippen LogP contribution in [0.1, 0.15) is 36.8 Å². The van der Waals surface area contributed by atoms with Gasteiger partial charge < -0.3 is 14.2 Å². The predicted octanol–water partition coefficient (Wildman–Crippen LogP) is 4.85. The smallest absolute Gasteiger partial charge is 0.365 e. The first-order chi connectivity index (χ1) is 13.7. The van der Waals surface area contributed by atoms with Crippen molar-refractivity contribution in [3.05, 3.63) is 64.3 Å². The molecular formula is C21H22BrN3O4. The molecule has 0 fully saturated rings. The van der Waals surface area contributed by atoms with Crippen molar-refractivity contribution in [3.63, 3.8) is 0 Å². The molecule has 29 heavy (non-hydrogen) atoms. The molecule has 0 amide bonds. The van der Waals surface area contributed by atoms with Crippen LogP contribution < -0.4 is 9.47 Å². The lowest BCUT2D eigenvalue weighted by atomic mass is 10.2. The van der Waals surface area contributed by atoms with Crippen LogP contribution in [-0.2, 0) is 11.3 Å². The van der Waals surface area contributed by atoms with Crippen molar-refractivity contribution >= 4 is 21.9 Å². The number of esters is 1. The first kappa shape index (κ1) is 20.9. The molecule has 0 atom stereocenters. The highest BCUT2D eigenvalue weighted by molar-refractivity contribution is 9.10. The van der Waals surface area contributed by atoms with Gasteiger partial charge in [-0.3, -0.25) is 0 Å². The van der Waals surface area contributed by atoms with Gasteiger partial charge in [-0.15, -0.1) is 5.10 Å². The van der Waals surface area contributed by atoms with Crippen molar-refractivity contribution in [2.75, 3.05) is 7.11 Å². The second kappa shape index (κ2) is 8.65. The number of benzene rings is 2. The van der Waals surface area contributed by atoms with Crippen LogP contribution in [0.25, 0.3) is 0 Å². The molecule has 0 aliphatic carbocycles. The normalized spacial score (nSPS) is 11.2. The summed E-state index contributed by atoms with van der Waals surface area (Å²) >= 11 is 3.39. The third-order valence-electron chi connectivity index (χ3n) is 3.80. The van der Waals surface area contributed by atoms with Crippen molar-refractivity contribution < 1.29 is 19.0 Å². The highest BCUT2D eigenvalue weighted by Crippen LogP contribution is 2.28. The minimum atomic E-state index is -0.661. The average Bonchev–Trinajstić information content (AvgIpc) is 3.05. The monoisotopic (exact) mass is 459 g/mol. The Morgan fingerprint density at radius 3 is 2.24 bits per heavy atom. The summed E-state index contributed by atoms with van der Waals surface area (Å²) in [5, 5.41) is 8.14. The molecule has 0 bridgehead atoms. The third-order valence-corrected chi connectivity index (χ3v) is 4.33. The molecule has 0 radical (unpaired) electrons. The fourth-order valence-corrected chi connectivity index (χ4v) is 2.75. The van der Waals surface area contributed by atoms with E-state index in [1.165, 1.54) is 4.68 Å². The summed E-state index contributed by atoms with van der Waals surface area (Å²) in [6.07, 6.45) is 0. The molecule has 7 nitrogen and oxygen atoms in total. The van der Waals surface area contributed by atoms with Crippen LogP contribution in [0.4, 0.5) is 0 Å². The standard InChI is InChI=1S/C21H22BrN3O4/c1-21(2,3)29-20(26)18-19(28-17-11-7-15(22)8-12-17)25(24-23-18)13-14-5-9-16(27-4)10-6-14/h5-12H,13H2,1-4H3. The van der Waals surface area contributed by atoms with E-state index in [1.807, 2.05) is 36.4 Å². The second-order valence-electron chi connectivity index (χ2n) is 7.31. The van der Waals surface area contributed by atoms with Gasteiger partial charge in [0.05, 0.1) is 13.7 Å². The molecule has 3 rings (SSSR count). The highest BCUT2D eigenvalue weighted by Gasteiger charge is 2.27. The molecule has 0 aliphatic heterocycles. The van der Waals surface area contributed by atoms with Crippen LogP contribution in [0.5, 0.6) is 17.4 Å². The maximum atomic E-state index is 12.6. The highest BCUT2D eigenvalue weighted by atomic mass is 79.9. The Balaban J connectivity index is 1.93. The van der Waals surface area contributed by atoms with Crippen molar-refractivity contribution in [2.45, 2.75) is 32.9 Å². The first-order valence-electron chi connectivity index (χ1n) is 8.98. The second-order valence-corrected chi connectivity index (χ2v) is 8.22. The minimum absolute atomic E-state index is 0.0244. The predicted molar refractivity (Wildman–Crippen MR) is 112 cm³/mol. The molecule has 0 saturated heterocycles. The summed E-state index contributed by atoms with van der Waals surface area (Å²) in [7, 11) is 1.61. The van der Waals surface area contributed by atoms with Crippen LogP contribution in [0, 0.1) is 0 Å². The summed E-state index contributed by atoms with van der Waals surface area (Å²) in [5.74, 6) is 0.937. The van der Waals surface area contributed by atoms with Crippen LogP contribution in [0.2, 0.25) is 0 Å². The zero-order valence-corrected chi connectivity index (χ0v) is 18.3. The molecule has 8 heteroatoms. The van der Waals surface area contributed by atoms with Gasteiger partial charge in [0.1, 0.15) is 17.1 Å². The van der Waals surface area contributed by atoms with Gasteiger partial charge in [-0.2, -0.15) is 0 Å². The van der Waals surface area contributed by atoms with Gasteiger partial charge in [0.15, 0.2) is 0 Å². The van der Waals surface area contributed by atoms with Gasteiger partial charge >= 0.3 is 5.97 Å². The summed E-state index contributed by atoms with van der Waals surface area (Å²) in [5.41, 5.74) is 0.314. The number of ether oxygens (including phenoxy) is 3. The first-order valence-corrected chi connectivity index (χ1v) is 9.77.